The van der Waals surface area contributed by atoms with Crippen LogP contribution < -0.4 is 0 Å². The van der Waals surface area contributed by atoms with E-state index < -0.39 is 0 Å². The Kier molecular flexibility index (Phi) is 6.55. The highest BCUT2D eigenvalue weighted by molar-refractivity contribution is 5.18. The van der Waals surface area contributed by atoms with Crippen LogP contribution in [0.4, 0.5) is 0 Å². The highest BCUT2D eigenvalue weighted by Crippen LogP contribution is 2.43. The van der Waals surface area contributed by atoms with E-state index in [1.807, 2.05) is 0 Å². The van der Waals surface area contributed by atoms with Crippen LogP contribution in [-0.4, -0.2) is 18.2 Å². The van der Waals surface area contributed by atoms with Gasteiger partial charge in [-0.2, -0.15) is 0 Å². The van der Waals surface area contributed by atoms with Crippen molar-refractivity contribution in [3.8, 4) is 0 Å². The molecule has 2 heteroatoms. The molecule has 0 amide bonds. The zero-order valence-electron chi connectivity index (χ0n) is 16.7. The number of ether oxygens (including phenoxy) is 1. The first-order valence-electron chi connectivity index (χ1n) is 10.6. The van der Waals surface area contributed by atoms with Crippen LogP contribution in [0.3, 0.4) is 0 Å². The van der Waals surface area contributed by atoms with Crippen LogP contribution in [0.25, 0.3) is 0 Å². The zero-order chi connectivity index (χ0) is 17.8. The summed E-state index contributed by atoms with van der Waals surface area (Å²) < 4.78 is 5.49. The van der Waals surface area contributed by atoms with Crippen molar-refractivity contribution in [3.63, 3.8) is 0 Å². The lowest BCUT2D eigenvalue weighted by Crippen LogP contribution is -2.28. The largest absolute Gasteiger partial charge is 0.381 e. The van der Waals surface area contributed by atoms with Crippen molar-refractivity contribution in [1.82, 2.24) is 4.98 Å². The van der Waals surface area contributed by atoms with Crippen LogP contribution in [0.15, 0.2) is 18.3 Å². The average Bonchev–Trinajstić information content (AvgIpc) is 2.58. The maximum Gasteiger partial charge on any atom is 0.0468 e. The maximum atomic E-state index is 5.49. The highest BCUT2D eigenvalue weighted by atomic mass is 16.5. The summed E-state index contributed by atoms with van der Waals surface area (Å²) in [5.74, 6) is 4.95. The van der Waals surface area contributed by atoms with Gasteiger partial charge < -0.3 is 4.74 Å². The van der Waals surface area contributed by atoms with E-state index in [4.69, 9.17) is 9.72 Å². The van der Waals surface area contributed by atoms with Gasteiger partial charge in [-0.15, -0.1) is 0 Å². The fraction of sp³-hybridized carbons (Fsp3) is 0.783. The van der Waals surface area contributed by atoms with Gasteiger partial charge in [0, 0.05) is 25.1 Å². The molecule has 1 aromatic heterocycles. The van der Waals surface area contributed by atoms with Gasteiger partial charge in [0.2, 0.25) is 0 Å². The predicted molar refractivity (Wildman–Crippen MR) is 105 cm³/mol. The molecule has 25 heavy (non-hydrogen) atoms. The van der Waals surface area contributed by atoms with E-state index in [2.05, 4.69) is 46.0 Å². The second-order valence-electron chi connectivity index (χ2n) is 9.19. The smallest absolute Gasteiger partial charge is 0.0468 e. The van der Waals surface area contributed by atoms with E-state index in [1.165, 1.54) is 43.4 Å². The Morgan fingerprint density at radius 1 is 1.04 bits per heavy atom. The van der Waals surface area contributed by atoms with Gasteiger partial charge in [-0.1, -0.05) is 33.8 Å². The van der Waals surface area contributed by atoms with Crippen molar-refractivity contribution in [2.75, 3.05) is 13.2 Å². The molecule has 1 aromatic rings. The first-order chi connectivity index (χ1) is 12.0. The van der Waals surface area contributed by atoms with Crippen LogP contribution in [0, 0.1) is 29.6 Å². The standard InChI is InChI=1S/C23H37NO/c1-16(2)22-13-19(14-22)11-17(3)21-5-6-23(24-15-21)12-18(4)20-7-9-25-10-8-20/h5-6,15-20,22H,7-14H2,1-4H3. The van der Waals surface area contributed by atoms with Gasteiger partial charge in [-0.3, -0.25) is 4.98 Å². The van der Waals surface area contributed by atoms with Crippen LogP contribution in [-0.2, 0) is 11.2 Å². The predicted octanol–water partition coefficient (Wildman–Crippen LogP) is 5.86. The third-order valence-corrected chi connectivity index (χ3v) is 6.92. The molecule has 2 heterocycles. The third kappa shape index (κ3) is 5.06. The van der Waals surface area contributed by atoms with Crippen molar-refractivity contribution in [2.24, 2.45) is 29.6 Å². The Labute approximate surface area is 154 Å². The number of rotatable bonds is 7. The second kappa shape index (κ2) is 8.66. The van der Waals surface area contributed by atoms with E-state index in [1.54, 1.807) is 0 Å². The number of aromatic nitrogens is 1. The topological polar surface area (TPSA) is 22.1 Å². The molecule has 2 fully saturated rings. The van der Waals surface area contributed by atoms with Crippen molar-refractivity contribution in [2.45, 2.75) is 72.1 Å². The summed E-state index contributed by atoms with van der Waals surface area (Å²) in [6.45, 7) is 11.4. The molecule has 2 nitrogen and oxygen atoms in total. The lowest BCUT2D eigenvalue weighted by Gasteiger charge is -2.39. The van der Waals surface area contributed by atoms with Crippen molar-refractivity contribution >= 4 is 0 Å². The zero-order valence-corrected chi connectivity index (χ0v) is 16.7. The summed E-state index contributed by atoms with van der Waals surface area (Å²) in [6.07, 6.45) is 9.91. The number of nitrogens with zero attached hydrogens (tertiary/aromatic N) is 1. The Bertz CT molecular complexity index is 511. The molecule has 0 bridgehead atoms. The van der Waals surface area contributed by atoms with Gasteiger partial charge in [-0.25, -0.2) is 0 Å². The molecule has 0 spiro atoms. The summed E-state index contributed by atoms with van der Waals surface area (Å²) >= 11 is 0. The quantitative estimate of drug-likeness (QED) is 0.618. The summed E-state index contributed by atoms with van der Waals surface area (Å²) in [5.41, 5.74) is 2.69. The Hall–Kier alpha value is -0.890. The lowest BCUT2D eigenvalue weighted by atomic mass is 9.66. The molecule has 140 valence electrons. The van der Waals surface area contributed by atoms with E-state index in [0.717, 1.165) is 43.3 Å². The van der Waals surface area contributed by atoms with E-state index in [0.29, 0.717) is 11.8 Å². The molecular formula is C23H37NO. The molecule has 3 rings (SSSR count). The Balaban J connectivity index is 1.46. The number of pyridine rings is 1. The molecule has 2 aliphatic rings. The molecule has 1 aliphatic carbocycles. The third-order valence-electron chi connectivity index (χ3n) is 6.92. The number of hydrogen-bond acceptors (Lipinski definition) is 2. The minimum Gasteiger partial charge on any atom is -0.381 e. The monoisotopic (exact) mass is 343 g/mol. The molecule has 0 radical (unpaired) electrons. The first kappa shape index (κ1) is 18.9. The van der Waals surface area contributed by atoms with Crippen molar-refractivity contribution in [3.05, 3.63) is 29.6 Å². The molecule has 0 aromatic carbocycles. The van der Waals surface area contributed by atoms with Gasteiger partial charge in [0.05, 0.1) is 0 Å². The molecule has 2 unspecified atom stereocenters. The average molecular weight is 344 g/mol. The first-order valence-corrected chi connectivity index (χ1v) is 10.6. The fourth-order valence-electron chi connectivity index (χ4n) is 4.79. The van der Waals surface area contributed by atoms with Gasteiger partial charge >= 0.3 is 0 Å². The summed E-state index contributed by atoms with van der Waals surface area (Å²) in [7, 11) is 0. The van der Waals surface area contributed by atoms with E-state index >= 15 is 0 Å². The lowest BCUT2D eigenvalue weighted by molar-refractivity contribution is 0.0494. The summed E-state index contributed by atoms with van der Waals surface area (Å²) in [4.78, 5) is 4.80. The normalized spacial score (nSPS) is 27.1. The van der Waals surface area contributed by atoms with Crippen LogP contribution in [0.1, 0.15) is 77.0 Å². The minimum atomic E-state index is 0.646. The van der Waals surface area contributed by atoms with Gasteiger partial charge in [0.1, 0.15) is 0 Å². The van der Waals surface area contributed by atoms with Crippen molar-refractivity contribution in [1.29, 1.82) is 0 Å². The maximum absolute atomic E-state index is 5.49. The van der Waals surface area contributed by atoms with Gasteiger partial charge in [0.15, 0.2) is 0 Å². The fourth-order valence-corrected chi connectivity index (χ4v) is 4.79. The molecule has 2 atom stereocenters. The number of hydrogen-bond donors (Lipinski definition) is 0. The molecule has 1 saturated heterocycles. The van der Waals surface area contributed by atoms with E-state index in [-0.39, 0.29) is 0 Å². The van der Waals surface area contributed by atoms with Crippen LogP contribution in [0.5, 0.6) is 0 Å². The van der Waals surface area contributed by atoms with E-state index in [9.17, 15) is 0 Å². The summed E-state index contributed by atoms with van der Waals surface area (Å²) in [6, 6.07) is 4.61. The molecule has 1 aliphatic heterocycles. The molecular weight excluding hydrogens is 306 g/mol. The second-order valence-corrected chi connectivity index (χ2v) is 9.19. The van der Waals surface area contributed by atoms with Gasteiger partial charge in [0.25, 0.3) is 0 Å². The molecule has 1 saturated carbocycles. The Morgan fingerprint density at radius 2 is 1.76 bits per heavy atom. The highest BCUT2D eigenvalue weighted by Gasteiger charge is 2.32. The molecule has 0 N–H and O–H groups in total. The van der Waals surface area contributed by atoms with Gasteiger partial charge in [-0.05, 0) is 85.7 Å². The van der Waals surface area contributed by atoms with Crippen molar-refractivity contribution < 1.29 is 4.74 Å². The Morgan fingerprint density at radius 3 is 2.36 bits per heavy atom. The van der Waals surface area contributed by atoms with Crippen LogP contribution >= 0.6 is 0 Å². The van der Waals surface area contributed by atoms with Crippen LogP contribution in [0.2, 0.25) is 0 Å². The minimum absolute atomic E-state index is 0.646. The summed E-state index contributed by atoms with van der Waals surface area (Å²) in [5, 5.41) is 0. The SMILES string of the molecule is CC(CC1CC(C(C)C)C1)c1ccc(CC(C)C2CCOCC2)nc1.